The average molecular weight is 178 g/mol. The van der Waals surface area contributed by atoms with E-state index in [1.54, 1.807) is 0 Å². The molecule has 1 fully saturated rings. The Morgan fingerprint density at radius 2 is 1.82 bits per heavy atom. The molecule has 0 atom stereocenters. The highest BCUT2D eigenvalue weighted by Crippen LogP contribution is 2.13. The van der Waals surface area contributed by atoms with Gasteiger partial charge in [-0.25, -0.2) is 13.6 Å². The topological polar surface area (TPSA) is 63.4 Å². The van der Waals surface area contributed by atoms with Gasteiger partial charge in [-0.3, -0.25) is 0 Å². The molecule has 0 aromatic heterocycles. The highest BCUT2D eigenvalue weighted by atomic mass is 32.2. The first-order valence-corrected chi connectivity index (χ1v) is 5.31. The predicted octanol–water partition coefficient (Wildman–Crippen LogP) is -0.631. The largest absolute Gasteiger partial charge is 0.306 e. The maximum absolute atomic E-state index is 10.9. The summed E-state index contributed by atoms with van der Waals surface area (Å²) in [6.07, 6.45) is 1.35. The average Bonchev–Trinajstić information content (AvgIpc) is 1.86. The SMILES string of the molecule is CN1CCC(S(N)(=O)=O)CC1. The van der Waals surface area contributed by atoms with E-state index in [0.29, 0.717) is 12.8 Å². The number of sulfonamides is 1. The van der Waals surface area contributed by atoms with Crippen molar-refractivity contribution in [2.75, 3.05) is 20.1 Å². The summed E-state index contributed by atoms with van der Waals surface area (Å²) in [5, 5.41) is 4.70. The fourth-order valence-electron chi connectivity index (χ4n) is 1.31. The zero-order valence-electron chi connectivity index (χ0n) is 6.66. The normalized spacial score (nSPS) is 23.8. The van der Waals surface area contributed by atoms with Gasteiger partial charge >= 0.3 is 0 Å². The standard InChI is InChI=1S/C6H14N2O2S/c1-8-4-2-6(3-5-8)11(7,9)10/h6H,2-5H2,1H3,(H2,7,9,10). The van der Waals surface area contributed by atoms with E-state index in [9.17, 15) is 8.42 Å². The van der Waals surface area contributed by atoms with Crippen molar-refractivity contribution in [3.05, 3.63) is 0 Å². The number of piperidine rings is 1. The third-order valence-electron chi connectivity index (χ3n) is 2.13. The number of likely N-dealkylation sites (tertiary alicyclic amines) is 1. The van der Waals surface area contributed by atoms with Gasteiger partial charge in [-0.05, 0) is 33.0 Å². The van der Waals surface area contributed by atoms with Crippen LogP contribution in [0.4, 0.5) is 0 Å². The van der Waals surface area contributed by atoms with Crippen molar-refractivity contribution < 1.29 is 8.42 Å². The zero-order valence-corrected chi connectivity index (χ0v) is 7.47. The molecule has 5 heteroatoms. The second kappa shape index (κ2) is 3.08. The first kappa shape index (κ1) is 8.96. The van der Waals surface area contributed by atoms with E-state index < -0.39 is 10.0 Å². The van der Waals surface area contributed by atoms with Crippen molar-refractivity contribution in [2.24, 2.45) is 5.14 Å². The van der Waals surface area contributed by atoms with Gasteiger partial charge in [-0.2, -0.15) is 0 Å². The summed E-state index contributed by atoms with van der Waals surface area (Å²) in [6.45, 7) is 1.67. The summed E-state index contributed by atoms with van der Waals surface area (Å²) >= 11 is 0. The molecular weight excluding hydrogens is 164 g/mol. The minimum Gasteiger partial charge on any atom is -0.306 e. The van der Waals surface area contributed by atoms with E-state index in [1.807, 2.05) is 7.05 Å². The Labute approximate surface area is 67.4 Å². The highest BCUT2D eigenvalue weighted by molar-refractivity contribution is 7.89. The van der Waals surface area contributed by atoms with Gasteiger partial charge in [-0.1, -0.05) is 0 Å². The molecule has 1 rings (SSSR count). The molecule has 2 N–H and O–H groups in total. The molecule has 0 amide bonds. The molecule has 1 saturated heterocycles. The summed E-state index contributed by atoms with van der Waals surface area (Å²) in [6, 6.07) is 0. The van der Waals surface area contributed by atoms with Crippen LogP contribution in [0.15, 0.2) is 0 Å². The lowest BCUT2D eigenvalue weighted by Gasteiger charge is -2.27. The molecule has 0 aromatic carbocycles. The van der Waals surface area contributed by atoms with Crippen molar-refractivity contribution in [2.45, 2.75) is 18.1 Å². The van der Waals surface area contributed by atoms with Crippen LogP contribution in [0.2, 0.25) is 0 Å². The Morgan fingerprint density at radius 3 is 2.18 bits per heavy atom. The number of hydrogen-bond acceptors (Lipinski definition) is 3. The van der Waals surface area contributed by atoms with Crippen LogP contribution in [0, 0.1) is 0 Å². The van der Waals surface area contributed by atoms with E-state index >= 15 is 0 Å². The first-order valence-electron chi connectivity index (χ1n) is 3.70. The first-order chi connectivity index (χ1) is 5.00. The predicted molar refractivity (Wildman–Crippen MR) is 43.6 cm³/mol. The highest BCUT2D eigenvalue weighted by Gasteiger charge is 2.25. The Bertz CT molecular complexity index is 217. The van der Waals surface area contributed by atoms with Crippen LogP contribution in [0.5, 0.6) is 0 Å². The van der Waals surface area contributed by atoms with Gasteiger partial charge in [-0.15, -0.1) is 0 Å². The second-order valence-corrected chi connectivity index (χ2v) is 4.94. The Kier molecular flexibility index (Phi) is 2.51. The van der Waals surface area contributed by atoms with Crippen molar-refractivity contribution >= 4 is 10.0 Å². The van der Waals surface area contributed by atoms with E-state index in [-0.39, 0.29) is 5.25 Å². The summed E-state index contributed by atoms with van der Waals surface area (Å²) in [7, 11) is -1.29. The van der Waals surface area contributed by atoms with Crippen molar-refractivity contribution in [1.82, 2.24) is 4.90 Å². The number of primary sulfonamides is 1. The number of rotatable bonds is 1. The van der Waals surface area contributed by atoms with Crippen molar-refractivity contribution in [1.29, 1.82) is 0 Å². The van der Waals surface area contributed by atoms with Crippen LogP contribution in [0.3, 0.4) is 0 Å². The lowest BCUT2D eigenvalue weighted by molar-refractivity contribution is 0.278. The van der Waals surface area contributed by atoms with E-state index in [1.165, 1.54) is 0 Å². The molecule has 11 heavy (non-hydrogen) atoms. The maximum atomic E-state index is 10.9. The molecule has 1 heterocycles. The molecule has 0 unspecified atom stereocenters. The Balaban J connectivity index is 2.53. The van der Waals surface area contributed by atoms with Gasteiger partial charge in [0.2, 0.25) is 10.0 Å². The molecular formula is C6H14N2O2S. The second-order valence-electron chi connectivity index (χ2n) is 3.09. The van der Waals surface area contributed by atoms with Gasteiger partial charge in [0.15, 0.2) is 0 Å². The summed E-state index contributed by atoms with van der Waals surface area (Å²) < 4.78 is 21.7. The van der Waals surface area contributed by atoms with Gasteiger partial charge in [0.05, 0.1) is 5.25 Å². The van der Waals surface area contributed by atoms with Crippen LogP contribution in [-0.2, 0) is 10.0 Å². The molecule has 4 nitrogen and oxygen atoms in total. The minimum absolute atomic E-state index is 0.307. The molecule has 66 valence electrons. The lowest BCUT2D eigenvalue weighted by Crippen LogP contribution is -2.39. The summed E-state index contributed by atoms with van der Waals surface area (Å²) in [5.74, 6) is 0. The molecule has 0 saturated carbocycles. The van der Waals surface area contributed by atoms with Gasteiger partial charge in [0, 0.05) is 0 Å². The smallest absolute Gasteiger partial charge is 0.212 e. The monoisotopic (exact) mass is 178 g/mol. The molecule has 0 radical (unpaired) electrons. The minimum atomic E-state index is -3.28. The maximum Gasteiger partial charge on any atom is 0.212 e. The number of nitrogens with zero attached hydrogens (tertiary/aromatic N) is 1. The molecule has 1 aliphatic rings. The Hall–Kier alpha value is -0.130. The third kappa shape index (κ3) is 2.43. The number of hydrogen-bond donors (Lipinski definition) is 1. The summed E-state index contributed by atoms with van der Waals surface area (Å²) in [5.41, 5.74) is 0. The summed E-state index contributed by atoms with van der Waals surface area (Å²) in [4.78, 5) is 2.11. The molecule has 0 aromatic rings. The molecule has 1 aliphatic heterocycles. The van der Waals surface area contributed by atoms with Crippen LogP contribution >= 0.6 is 0 Å². The van der Waals surface area contributed by atoms with Crippen LogP contribution < -0.4 is 5.14 Å². The Morgan fingerprint density at radius 1 is 1.36 bits per heavy atom. The zero-order chi connectivity index (χ0) is 8.48. The van der Waals surface area contributed by atoms with Crippen molar-refractivity contribution in [3.63, 3.8) is 0 Å². The van der Waals surface area contributed by atoms with E-state index in [4.69, 9.17) is 5.14 Å². The molecule has 0 aliphatic carbocycles. The van der Waals surface area contributed by atoms with Gasteiger partial charge in [0.1, 0.15) is 0 Å². The van der Waals surface area contributed by atoms with E-state index in [0.717, 1.165) is 13.1 Å². The number of nitrogens with two attached hydrogens (primary N) is 1. The lowest BCUT2D eigenvalue weighted by atomic mass is 10.1. The van der Waals surface area contributed by atoms with Crippen LogP contribution in [0.1, 0.15) is 12.8 Å². The quantitative estimate of drug-likeness (QED) is 0.581. The van der Waals surface area contributed by atoms with Crippen LogP contribution in [0.25, 0.3) is 0 Å². The molecule has 0 bridgehead atoms. The van der Waals surface area contributed by atoms with Gasteiger partial charge < -0.3 is 4.90 Å². The van der Waals surface area contributed by atoms with Crippen molar-refractivity contribution in [3.8, 4) is 0 Å². The fraction of sp³-hybridized carbons (Fsp3) is 1.00. The fourth-order valence-corrected chi connectivity index (χ4v) is 2.18. The van der Waals surface area contributed by atoms with E-state index in [2.05, 4.69) is 4.90 Å². The van der Waals surface area contributed by atoms with Crippen LogP contribution in [-0.4, -0.2) is 38.7 Å². The van der Waals surface area contributed by atoms with Gasteiger partial charge in [0.25, 0.3) is 0 Å². The third-order valence-corrected chi connectivity index (χ3v) is 3.53. The molecule has 0 spiro atoms.